The Hall–Kier alpha value is -0.135. The first-order valence-corrected chi connectivity index (χ1v) is 20.8. The number of piperidine rings is 3. The number of aliphatic hydroxyl groups is 1. The Morgan fingerprint density at radius 2 is 2.26 bits per heavy atom. The molecule has 27 heavy (non-hydrogen) atoms. The van der Waals surface area contributed by atoms with Crippen LogP contribution in [0.3, 0.4) is 0 Å². The van der Waals surface area contributed by atoms with Gasteiger partial charge in [0, 0.05) is 0 Å². The van der Waals surface area contributed by atoms with Gasteiger partial charge in [0.2, 0.25) is 0 Å². The normalized spacial score (nSPS) is 29.3. The quantitative estimate of drug-likeness (QED) is 0.401. The fourth-order valence-electron chi connectivity index (χ4n) is 4.91. The molecule has 2 aromatic rings. The average molecular weight is 596 g/mol. The summed E-state index contributed by atoms with van der Waals surface area (Å²) < 4.78 is 6.44. The van der Waals surface area contributed by atoms with E-state index in [9.17, 15) is 5.11 Å². The number of alkyl halides is 1. The zero-order chi connectivity index (χ0) is 19.0. The Balaban J connectivity index is 1.59. The van der Waals surface area contributed by atoms with E-state index in [1.54, 1.807) is 13.3 Å². The van der Waals surface area contributed by atoms with Gasteiger partial charge in [0.05, 0.1) is 7.11 Å². The number of ether oxygens (including phenoxy) is 1. The number of rotatable bonds is 6. The molecule has 1 N–H and O–H groups in total. The molecule has 0 saturated carbocycles. The number of halogens is 2. The fraction of sp³-hybridized carbons (Fsp3) is 0.550. The average Bonchev–Trinajstić information content (AvgIpc) is 2.72. The molecule has 0 amide bonds. The van der Waals surface area contributed by atoms with Crippen LogP contribution in [0.5, 0.6) is 5.75 Å². The van der Waals surface area contributed by atoms with Gasteiger partial charge < -0.3 is 0 Å². The van der Waals surface area contributed by atoms with Crippen molar-refractivity contribution in [1.82, 2.24) is 9.88 Å². The van der Waals surface area contributed by atoms with Gasteiger partial charge in [-0.25, -0.2) is 0 Å². The number of hydrogen-bond donors (Lipinski definition) is 1. The van der Waals surface area contributed by atoms with Gasteiger partial charge in [-0.05, 0) is 0 Å². The van der Waals surface area contributed by atoms with Crippen molar-refractivity contribution < 1.29 is 33.2 Å². The van der Waals surface area contributed by atoms with Crippen LogP contribution in [0, 0.1) is 11.8 Å². The number of aromatic nitrogens is 1. The minimum absolute atomic E-state index is 0.140. The Kier molecular flexibility index (Phi) is 6.50. The number of fused-ring (bicyclic) bond motifs is 4. The summed E-state index contributed by atoms with van der Waals surface area (Å²) in [5, 5.41) is 12.5. The summed E-state index contributed by atoms with van der Waals surface area (Å²) in [5.74, 6) is 1.90. The Labute approximate surface area is 181 Å². The predicted molar refractivity (Wildman–Crippen MR) is 105 cm³/mol. The summed E-state index contributed by atoms with van der Waals surface area (Å²) in [4.78, 5) is 6.89. The van der Waals surface area contributed by atoms with Crippen molar-refractivity contribution in [3.8, 4) is 5.75 Å². The van der Waals surface area contributed by atoms with E-state index in [0.29, 0.717) is 11.8 Å². The zero-order valence-electron chi connectivity index (χ0n) is 15.5. The van der Waals surface area contributed by atoms with Crippen molar-refractivity contribution in [2.45, 2.75) is 34.3 Å². The summed E-state index contributed by atoms with van der Waals surface area (Å²) in [6, 6.07) is 7.92. The molecule has 0 aliphatic carbocycles. The van der Waals surface area contributed by atoms with Crippen LogP contribution in [-0.2, 0) is 23.3 Å². The van der Waals surface area contributed by atoms with Gasteiger partial charge >= 0.3 is 175 Å². The fourth-order valence-corrected chi connectivity index (χ4v) is 11.7. The number of aliphatic hydroxyl groups excluding tert-OH is 1. The van der Waals surface area contributed by atoms with E-state index in [4.69, 9.17) is 24.6 Å². The van der Waals surface area contributed by atoms with E-state index in [1.165, 1.54) is 6.42 Å². The molecular formula is C20H24Cl2HgN2O2. The first-order valence-electron chi connectivity index (χ1n) is 9.67. The Bertz CT molecular complexity index is 809. The van der Waals surface area contributed by atoms with Crippen LogP contribution in [0.2, 0.25) is 3.93 Å². The van der Waals surface area contributed by atoms with Crippen LogP contribution < -0.4 is 4.74 Å². The van der Waals surface area contributed by atoms with Gasteiger partial charge in [-0.1, -0.05) is 0 Å². The molecule has 1 aromatic heterocycles. The molecule has 2 bridgehead atoms. The number of benzene rings is 1. The van der Waals surface area contributed by atoms with E-state index >= 15 is 0 Å². The van der Waals surface area contributed by atoms with Gasteiger partial charge in [-0.3, -0.25) is 0 Å². The number of pyridine rings is 1. The molecule has 142 valence electrons. The summed E-state index contributed by atoms with van der Waals surface area (Å²) in [7, 11) is 7.79. The summed E-state index contributed by atoms with van der Waals surface area (Å²) in [5.41, 5.74) is 1.82. The SMILES string of the molecule is COc1ccc2nccc(C(O)C3CC4CCN3CC4C(Cl)[CH2][Hg][Cl])c2c1. The van der Waals surface area contributed by atoms with Crippen molar-refractivity contribution in [3.05, 3.63) is 36.0 Å². The second-order valence-corrected chi connectivity index (χ2v) is 15.3. The standard InChI is InChI=1S/C20H24ClN2O2.ClH.Hg/c1-12(21)17-11-23-8-6-13(17)9-19(23)20(24)15-5-7-22-18-4-3-14(25-2)10-16(15)18;;/h3-5,7,10,12-13,17,19-20,24H,1,6,8-9,11H2,2H3;1H;/q;;+1/p-1. The van der Waals surface area contributed by atoms with Crippen LogP contribution in [-0.4, -0.2) is 46.6 Å². The van der Waals surface area contributed by atoms with E-state index in [0.717, 1.165) is 45.7 Å². The van der Waals surface area contributed by atoms with Gasteiger partial charge in [0.1, 0.15) is 0 Å². The molecule has 1 aromatic carbocycles. The molecular weight excluding hydrogens is 572 g/mol. The zero-order valence-corrected chi connectivity index (χ0v) is 22.5. The molecule has 3 saturated heterocycles. The predicted octanol–water partition coefficient (Wildman–Crippen LogP) is 4.25. The van der Waals surface area contributed by atoms with E-state index in [1.807, 2.05) is 24.3 Å². The number of methoxy groups -OCH3 is 1. The van der Waals surface area contributed by atoms with Gasteiger partial charge in [-0.15, -0.1) is 0 Å². The third-order valence-corrected chi connectivity index (χ3v) is 13.5. The minimum atomic E-state index is -1.23. The topological polar surface area (TPSA) is 45.6 Å². The molecule has 3 fully saturated rings. The molecule has 7 heteroatoms. The third-order valence-electron chi connectivity index (χ3n) is 6.37. The van der Waals surface area contributed by atoms with Gasteiger partial charge in [0.15, 0.2) is 0 Å². The molecule has 4 heterocycles. The Morgan fingerprint density at radius 1 is 1.41 bits per heavy atom. The molecule has 0 radical (unpaired) electrons. The first kappa shape index (κ1) is 20.2. The maximum absolute atomic E-state index is 11.3. The molecule has 6 unspecified atom stereocenters. The molecule has 5 rings (SSSR count). The van der Waals surface area contributed by atoms with Crippen LogP contribution in [0.1, 0.15) is 24.5 Å². The molecule has 3 aliphatic rings. The van der Waals surface area contributed by atoms with Crippen molar-refractivity contribution >= 4 is 30.8 Å². The molecule has 3 aliphatic heterocycles. The second-order valence-electron chi connectivity index (χ2n) is 7.73. The molecule has 0 spiro atoms. The second kappa shape index (κ2) is 8.70. The summed E-state index contributed by atoms with van der Waals surface area (Å²) in [6.45, 7) is 2.03. The van der Waals surface area contributed by atoms with Crippen LogP contribution in [0.25, 0.3) is 10.9 Å². The number of hydrogen-bond acceptors (Lipinski definition) is 4. The van der Waals surface area contributed by atoms with Gasteiger partial charge in [-0.2, -0.15) is 0 Å². The van der Waals surface area contributed by atoms with Crippen LogP contribution in [0.4, 0.5) is 0 Å². The van der Waals surface area contributed by atoms with E-state index < -0.39 is 29.4 Å². The number of nitrogens with zero attached hydrogens (tertiary/aromatic N) is 2. The van der Waals surface area contributed by atoms with Crippen molar-refractivity contribution in [3.63, 3.8) is 0 Å². The van der Waals surface area contributed by atoms with Crippen molar-refractivity contribution in [2.75, 3.05) is 20.2 Å². The molecule has 4 nitrogen and oxygen atoms in total. The van der Waals surface area contributed by atoms with Gasteiger partial charge in [0.25, 0.3) is 0 Å². The summed E-state index contributed by atoms with van der Waals surface area (Å²) >= 11 is 5.44. The van der Waals surface area contributed by atoms with Crippen molar-refractivity contribution in [2.24, 2.45) is 11.8 Å². The van der Waals surface area contributed by atoms with Crippen LogP contribution >= 0.6 is 19.9 Å². The first-order chi connectivity index (χ1) is 13.1. The Morgan fingerprint density at radius 3 is 2.96 bits per heavy atom. The van der Waals surface area contributed by atoms with Crippen molar-refractivity contribution in [1.29, 1.82) is 0 Å². The van der Waals surface area contributed by atoms with E-state index in [-0.39, 0.29) is 11.4 Å². The maximum atomic E-state index is 11.3. The van der Waals surface area contributed by atoms with E-state index in [2.05, 4.69) is 9.88 Å². The summed E-state index contributed by atoms with van der Waals surface area (Å²) in [6.07, 6.45) is 3.44. The van der Waals surface area contributed by atoms with Crippen LogP contribution in [0.15, 0.2) is 30.5 Å². The monoisotopic (exact) mass is 596 g/mol. The molecule has 6 atom stereocenters. The third kappa shape index (κ3) is 3.98.